The van der Waals surface area contributed by atoms with Crippen molar-refractivity contribution in [1.29, 1.82) is 0 Å². The quantitative estimate of drug-likeness (QED) is 0.258. The number of hydrogen-bond donors (Lipinski definition) is 2. The highest BCUT2D eigenvalue weighted by Gasteiger charge is 2.04. The molecule has 0 aliphatic rings. The summed E-state index contributed by atoms with van der Waals surface area (Å²) in [5, 5.41) is 11.0. The first-order valence-electron chi connectivity index (χ1n) is 8.89. The number of benzene rings is 1. The lowest BCUT2D eigenvalue weighted by molar-refractivity contribution is 0.386. The van der Waals surface area contributed by atoms with Crippen LogP contribution >= 0.6 is 24.0 Å². The molecular formula is C19H29FIN5O. The number of ether oxygens (including phenoxy) is 1. The van der Waals surface area contributed by atoms with Crippen LogP contribution in [0.4, 0.5) is 4.39 Å². The number of aliphatic imine (C=N–C) groups is 1. The number of aromatic nitrogens is 2. The topological polar surface area (TPSA) is 63.5 Å². The molecule has 0 aliphatic heterocycles. The van der Waals surface area contributed by atoms with Gasteiger partial charge < -0.3 is 15.4 Å². The van der Waals surface area contributed by atoms with Crippen molar-refractivity contribution >= 4 is 29.9 Å². The number of methoxy groups -OCH3 is 1. The van der Waals surface area contributed by atoms with Gasteiger partial charge in [-0.1, -0.05) is 6.07 Å². The maximum absolute atomic E-state index is 13.8. The molecule has 0 atom stereocenters. The van der Waals surface area contributed by atoms with Crippen molar-refractivity contribution in [1.82, 2.24) is 20.4 Å². The molecule has 0 saturated heterocycles. The van der Waals surface area contributed by atoms with Crippen molar-refractivity contribution in [2.45, 2.75) is 40.3 Å². The van der Waals surface area contributed by atoms with E-state index in [-0.39, 0.29) is 35.5 Å². The maximum Gasteiger partial charge on any atom is 0.191 e. The van der Waals surface area contributed by atoms with Crippen LogP contribution in [0, 0.1) is 19.7 Å². The average Bonchev–Trinajstić information content (AvgIpc) is 2.94. The highest BCUT2D eigenvalue weighted by Crippen LogP contribution is 2.18. The van der Waals surface area contributed by atoms with E-state index in [1.807, 2.05) is 24.6 Å². The van der Waals surface area contributed by atoms with Crippen molar-refractivity contribution in [3.63, 3.8) is 0 Å². The van der Waals surface area contributed by atoms with E-state index in [9.17, 15) is 4.39 Å². The number of nitrogens with one attached hydrogen (secondary N) is 2. The smallest absolute Gasteiger partial charge is 0.191 e. The van der Waals surface area contributed by atoms with Crippen LogP contribution in [0.25, 0.3) is 0 Å². The zero-order valence-corrected chi connectivity index (χ0v) is 18.7. The molecule has 8 heteroatoms. The van der Waals surface area contributed by atoms with Crippen molar-refractivity contribution in [2.75, 3.05) is 20.2 Å². The first-order chi connectivity index (χ1) is 12.5. The molecule has 1 aromatic carbocycles. The molecule has 0 saturated carbocycles. The summed E-state index contributed by atoms with van der Waals surface area (Å²) < 4.78 is 20.7. The van der Waals surface area contributed by atoms with Gasteiger partial charge in [0, 0.05) is 25.3 Å². The Balaban J connectivity index is 0.00000364. The van der Waals surface area contributed by atoms with E-state index in [1.54, 1.807) is 6.07 Å². The summed E-state index contributed by atoms with van der Waals surface area (Å²) in [6.07, 6.45) is 0.934. The van der Waals surface area contributed by atoms with Gasteiger partial charge in [0.05, 0.1) is 19.3 Å². The molecule has 0 bridgehead atoms. The van der Waals surface area contributed by atoms with E-state index in [0.29, 0.717) is 6.54 Å². The van der Waals surface area contributed by atoms with Crippen LogP contribution in [-0.2, 0) is 13.1 Å². The van der Waals surface area contributed by atoms with Crippen molar-refractivity contribution in [2.24, 2.45) is 4.99 Å². The van der Waals surface area contributed by atoms with E-state index in [1.165, 1.54) is 18.9 Å². The largest absolute Gasteiger partial charge is 0.494 e. The van der Waals surface area contributed by atoms with Gasteiger partial charge >= 0.3 is 0 Å². The van der Waals surface area contributed by atoms with E-state index >= 15 is 0 Å². The highest BCUT2D eigenvalue weighted by molar-refractivity contribution is 14.0. The van der Waals surface area contributed by atoms with E-state index in [0.717, 1.165) is 43.3 Å². The third-order valence-electron chi connectivity index (χ3n) is 3.92. The van der Waals surface area contributed by atoms with E-state index in [4.69, 9.17) is 4.74 Å². The number of hydrogen-bond acceptors (Lipinski definition) is 3. The van der Waals surface area contributed by atoms with Crippen LogP contribution in [0.5, 0.6) is 5.75 Å². The Morgan fingerprint density at radius 2 is 2.04 bits per heavy atom. The summed E-state index contributed by atoms with van der Waals surface area (Å²) in [5.74, 6) is 0.590. The van der Waals surface area contributed by atoms with Crippen molar-refractivity contribution in [3.05, 3.63) is 47.0 Å². The van der Waals surface area contributed by atoms with Gasteiger partial charge in [0.2, 0.25) is 0 Å². The lowest BCUT2D eigenvalue weighted by Gasteiger charge is -2.12. The second-order valence-corrected chi connectivity index (χ2v) is 6.09. The zero-order chi connectivity index (χ0) is 18.9. The second kappa shape index (κ2) is 11.8. The maximum atomic E-state index is 13.8. The minimum absolute atomic E-state index is 0. The molecule has 0 spiro atoms. The van der Waals surface area contributed by atoms with Crippen LogP contribution in [-0.4, -0.2) is 35.9 Å². The molecule has 2 N–H and O–H groups in total. The fourth-order valence-electron chi connectivity index (χ4n) is 2.66. The minimum atomic E-state index is -0.372. The van der Waals surface area contributed by atoms with Gasteiger partial charge in [-0.05, 0) is 51.0 Å². The second-order valence-electron chi connectivity index (χ2n) is 6.09. The van der Waals surface area contributed by atoms with Gasteiger partial charge in [0.25, 0.3) is 0 Å². The molecule has 0 radical (unpaired) electrons. The third kappa shape index (κ3) is 7.36. The zero-order valence-electron chi connectivity index (χ0n) is 16.4. The fourth-order valence-corrected chi connectivity index (χ4v) is 2.66. The lowest BCUT2D eigenvalue weighted by atomic mass is 10.2. The summed E-state index contributed by atoms with van der Waals surface area (Å²) in [7, 11) is 1.45. The summed E-state index contributed by atoms with van der Waals surface area (Å²) in [5.41, 5.74) is 3.00. The normalized spacial score (nSPS) is 11.1. The van der Waals surface area contributed by atoms with Crippen molar-refractivity contribution < 1.29 is 9.13 Å². The number of nitrogens with zero attached hydrogens (tertiary/aromatic N) is 3. The van der Waals surface area contributed by atoms with E-state index in [2.05, 4.69) is 33.7 Å². The minimum Gasteiger partial charge on any atom is -0.494 e. The van der Waals surface area contributed by atoms with Crippen LogP contribution in [0.1, 0.15) is 30.3 Å². The van der Waals surface area contributed by atoms with Crippen LogP contribution in [0.2, 0.25) is 0 Å². The standard InChI is InChI=1S/C19H28FN5O.HI/c1-5-21-19(22-9-6-10-25-15(3)11-14(2)24-25)23-13-16-7-8-18(26-4)17(20)12-16;/h7-8,11-12H,5-6,9-10,13H2,1-4H3,(H2,21,22,23);1H. The third-order valence-corrected chi connectivity index (χ3v) is 3.92. The molecule has 0 fully saturated rings. The van der Waals surface area contributed by atoms with Gasteiger partial charge in [0.1, 0.15) is 0 Å². The predicted molar refractivity (Wildman–Crippen MR) is 118 cm³/mol. The number of rotatable bonds is 8. The first-order valence-corrected chi connectivity index (χ1v) is 8.89. The molecule has 0 amide bonds. The Hall–Kier alpha value is -1.84. The van der Waals surface area contributed by atoms with Crippen LogP contribution in [0.3, 0.4) is 0 Å². The summed E-state index contributed by atoms with van der Waals surface area (Å²) in [4.78, 5) is 4.51. The Labute approximate surface area is 177 Å². The van der Waals surface area contributed by atoms with Gasteiger partial charge in [-0.25, -0.2) is 9.38 Å². The van der Waals surface area contributed by atoms with Gasteiger partial charge in [-0.3, -0.25) is 4.68 Å². The Morgan fingerprint density at radius 3 is 2.63 bits per heavy atom. The Kier molecular flexibility index (Phi) is 10.1. The van der Waals surface area contributed by atoms with Crippen LogP contribution in [0.15, 0.2) is 29.3 Å². The average molecular weight is 489 g/mol. The van der Waals surface area contributed by atoms with E-state index < -0.39 is 0 Å². The molecule has 1 aromatic heterocycles. The predicted octanol–water partition coefficient (Wildman–Crippen LogP) is 3.41. The summed E-state index contributed by atoms with van der Waals surface area (Å²) in [6, 6.07) is 6.97. The molecule has 27 heavy (non-hydrogen) atoms. The van der Waals surface area contributed by atoms with Gasteiger partial charge in [-0.2, -0.15) is 5.10 Å². The van der Waals surface area contributed by atoms with Crippen LogP contribution < -0.4 is 15.4 Å². The molecule has 2 rings (SSSR count). The SMILES string of the molecule is CCNC(=NCc1ccc(OC)c(F)c1)NCCCn1nc(C)cc1C.I. The monoisotopic (exact) mass is 489 g/mol. The summed E-state index contributed by atoms with van der Waals surface area (Å²) in [6.45, 7) is 8.87. The Bertz CT molecular complexity index is 748. The molecule has 0 aliphatic carbocycles. The molecule has 0 unspecified atom stereocenters. The summed E-state index contributed by atoms with van der Waals surface area (Å²) >= 11 is 0. The number of guanidine groups is 1. The lowest BCUT2D eigenvalue weighted by Crippen LogP contribution is -2.38. The highest BCUT2D eigenvalue weighted by atomic mass is 127. The molecular weight excluding hydrogens is 460 g/mol. The van der Waals surface area contributed by atoms with Gasteiger partial charge in [0.15, 0.2) is 17.5 Å². The molecule has 150 valence electrons. The molecule has 2 aromatic rings. The number of aryl methyl sites for hydroxylation is 3. The first kappa shape index (κ1) is 23.2. The Morgan fingerprint density at radius 1 is 1.26 bits per heavy atom. The van der Waals surface area contributed by atoms with Gasteiger partial charge in [-0.15, -0.1) is 24.0 Å². The molecule has 6 nitrogen and oxygen atoms in total. The fraction of sp³-hybridized carbons (Fsp3) is 0.474. The molecule has 1 heterocycles. The van der Waals surface area contributed by atoms with Crippen molar-refractivity contribution in [3.8, 4) is 5.75 Å². The number of halogens is 2.